The Hall–Kier alpha value is -5.55. The van der Waals surface area contributed by atoms with Crippen molar-refractivity contribution in [2.24, 2.45) is 5.92 Å². The highest BCUT2D eigenvalue weighted by Crippen LogP contribution is 2.48. The predicted molar refractivity (Wildman–Crippen MR) is 237 cm³/mol. The number of carbonyl (C=O) groups is 5. The minimum absolute atomic E-state index is 0.137. The van der Waals surface area contributed by atoms with Crippen LogP contribution in [0.15, 0.2) is 128 Å². The molecule has 0 unspecified atom stereocenters. The third-order valence-corrected chi connectivity index (χ3v) is 20.6. The molecule has 2 aliphatic heterocycles. The normalized spacial score (nSPS) is 17.3. The van der Waals surface area contributed by atoms with Gasteiger partial charge in [0.1, 0.15) is 12.4 Å². The highest BCUT2D eigenvalue weighted by atomic mass is 31.2. The van der Waals surface area contributed by atoms with Crippen molar-refractivity contribution < 1.29 is 42.7 Å². The molecule has 13 heteroatoms. The maximum atomic E-state index is 15.0. The van der Waals surface area contributed by atoms with Crippen LogP contribution in [0, 0.1) is 5.92 Å². The molecule has 0 aromatic heterocycles. The number of rotatable bonds is 16. The maximum Gasteiger partial charge on any atom is 0.416 e. The molecule has 0 bridgehead atoms. The molecule has 4 aromatic carbocycles. The Labute approximate surface area is 353 Å². The predicted octanol–water partition coefficient (Wildman–Crippen LogP) is 7.06. The summed E-state index contributed by atoms with van der Waals surface area (Å²) >= 11 is 0. The fraction of sp³-hybridized carbons (Fsp3) is 0.319. The number of ether oxygens (including phenoxy) is 2. The second-order valence-corrected chi connectivity index (χ2v) is 24.6. The van der Waals surface area contributed by atoms with E-state index in [9.17, 15) is 24.0 Å². The smallest absolute Gasteiger partial charge is 0.416 e. The van der Waals surface area contributed by atoms with Crippen molar-refractivity contribution in [2.45, 2.75) is 70.8 Å². The fourth-order valence-corrected chi connectivity index (χ4v) is 13.3. The van der Waals surface area contributed by atoms with Gasteiger partial charge in [0.2, 0.25) is 0 Å². The Kier molecular flexibility index (Phi) is 13.5. The molecule has 0 spiro atoms. The second kappa shape index (κ2) is 18.4. The minimum atomic E-state index is -2.91. The number of hydrogen-bond donors (Lipinski definition) is 0. The Balaban J connectivity index is 1.35. The van der Waals surface area contributed by atoms with Crippen LogP contribution in [0.1, 0.15) is 50.9 Å². The van der Waals surface area contributed by atoms with Crippen molar-refractivity contribution in [3.05, 3.63) is 133 Å². The van der Waals surface area contributed by atoms with Crippen LogP contribution in [0.4, 0.5) is 4.79 Å². The summed E-state index contributed by atoms with van der Waals surface area (Å²) in [5.41, 5.74) is 0.334. The van der Waals surface area contributed by atoms with Crippen LogP contribution in [0.25, 0.3) is 0 Å². The standard InChI is InChI=1S/C47H53N2O9PSi/c1-8-18-41(59(36-19-12-9-13-20-36,37-21-14-10-15-22-37)38-23-16-11-17-24-38)45(53)57-49-39(43(44(49)52)33(2)58-60(6,7)47(3,4)5)31-40(50)34-25-27-35(28-26-34)56-32-42(51)48-29-30-55-46(48)54/h8-17,19-28,33,39,43H,1,18,29-32H2,2-7H3/t33-,39-,43-/m1/s1. The highest BCUT2D eigenvalue weighted by molar-refractivity contribution is 7.96. The number of carbonyl (C=O) groups excluding carboxylic acids is 5. The van der Waals surface area contributed by atoms with Gasteiger partial charge < -0.3 is 18.7 Å². The molecule has 2 heterocycles. The summed E-state index contributed by atoms with van der Waals surface area (Å²) < 4.78 is 17.1. The van der Waals surface area contributed by atoms with E-state index in [-0.39, 0.29) is 43.4 Å². The number of hydrogen-bond acceptors (Lipinski definition) is 9. The molecule has 0 radical (unpaired) electrons. The zero-order valence-corrected chi connectivity index (χ0v) is 36.9. The molecular formula is C47H53N2O9PSi. The van der Waals surface area contributed by atoms with Gasteiger partial charge in [-0.1, -0.05) is 118 Å². The molecule has 6 rings (SSSR count). The number of imide groups is 1. The topological polar surface area (TPSA) is 129 Å². The summed E-state index contributed by atoms with van der Waals surface area (Å²) in [5, 5.41) is 4.17. The molecule has 0 saturated carbocycles. The van der Waals surface area contributed by atoms with E-state index in [1.54, 1.807) is 30.3 Å². The van der Waals surface area contributed by atoms with E-state index in [4.69, 9.17) is 18.7 Å². The van der Waals surface area contributed by atoms with Crippen molar-refractivity contribution in [3.8, 4) is 5.75 Å². The average Bonchev–Trinajstić information content (AvgIpc) is 3.68. The SMILES string of the molecule is C=CCC(C(=O)ON1C(=O)[C@H]([C@@H](C)O[Si](C)(C)C(C)(C)C)[C@H]1CC(=O)c1ccc(OCC(=O)N2CCOC2=O)cc1)=P(c1ccccc1)(c1ccccc1)c1ccccc1. The van der Waals surface area contributed by atoms with Gasteiger partial charge in [0.15, 0.2) is 20.7 Å². The van der Waals surface area contributed by atoms with Gasteiger partial charge in [-0.2, -0.15) is 5.06 Å². The number of allylic oxidation sites excluding steroid dienone is 1. The molecule has 4 aromatic rings. The zero-order chi connectivity index (χ0) is 43.2. The Bertz CT molecular complexity index is 2170. The van der Waals surface area contributed by atoms with Crippen molar-refractivity contribution >= 4 is 66.1 Å². The Morgan fingerprint density at radius 1 is 0.867 bits per heavy atom. The van der Waals surface area contributed by atoms with Gasteiger partial charge in [0.25, 0.3) is 11.8 Å². The lowest BCUT2D eigenvalue weighted by molar-refractivity contribution is -0.240. The summed E-state index contributed by atoms with van der Waals surface area (Å²) in [4.78, 5) is 74.8. The van der Waals surface area contributed by atoms with Gasteiger partial charge in [-0.25, -0.2) is 14.5 Å². The molecule has 2 saturated heterocycles. The number of β-lactam (4-membered cyclic amide) rings is 1. The van der Waals surface area contributed by atoms with Crippen LogP contribution >= 0.6 is 6.89 Å². The maximum absolute atomic E-state index is 15.0. The second-order valence-electron chi connectivity index (χ2n) is 16.4. The third-order valence-electron chi connectivity index (χ3n) is 11.6. The van der Waals surface area contributed by atoms with Crippen LogP contribution < -0.4 is 20.7 Å². The third kappa shape index (κ3) is 8.96. The van der Waals surface area contributed by atoms with Gasteiger partial charge in [0.05, 0.1) is 29.9 Å². The molecule has 60 heavy (non-hydrogen) atoms. The number of nitrogens with zero attached hydrogens (tertiary/aromatic N) is 2. The summed E-state index contributed by atoms with van der Waals surface area (Å²) in [5.74, 6) is -2.39. The van der Waals surface area contributed by atoms with Gasteiger partial charge >= 0.3 is 12.1 Å². The molecule has 2 aliphatic rings. The first-order valence-corrected chi connectivity index (χ1v) is 24.8. The molecular weight excluding hydrogens is 796 g/mol. The Morgan fingerprint density at radius 2 is 1.40 bits per heavy atom. The lowest BCUT2D eigenvalue weighted by Crippen LogP contribution is -2.66. The van der Waals surface area contributed by atoms with Crippen molar-refractivity contribution in [1.82, 2.24) is 9.96 Å². The van der Waals surface area contributed by atoms with Crippen molar-refractivity contribution in [3.63, 3.8) is 0 Å². The Morgan fingerprint density at radius 3 is 1.87 bits per heavy atom. The molecule has 0 aliphatic carbocycles. The molecule has 3 amide bonds. The van der Waals surface area contributed by atoms with E-state index in [0.29, 0.717) is 16.6 Å². The number of ketones is 1. The quantitative estimate of drug-likeness (QED) is 0.0383. The van der Waals surface area contributed by atoms with Crippen LogP contribution in [-0.4, -0.2) is 85.1 Å². The number of cyclic esters (lactones) is 1. The number of Topliss-reactive ketones (excluding diaryl/α,β-unsaturated/α-hetero) is 1. The van der Waals surface area contributed by atoms with Crippen LogP contribution in [-0.2, 0) is 28.4 Å². The summed E-state index contributed by atoms with van der Waals surface area (Å²) in [7, 11) is -2.37. The van der Waals surface area contributed by atoms with Crippen LogP contribution in [0.3, 0.4) is 0 Å². The largest absolute Gasteiger partial charge is 0.484 e. The first-order chi connectivity index (χ1) is 28.6. The van der Waals surface area contributed by atoms with Gasteiger partial charge in [-0.3, -0.25) is 14.4 Å². The average molecular weight is 849 g/mol. The lowest BCUT2D eigenvalue weighted by Gasteiger charge is -2.49. The summed E-state index contributed by atoms with van der Waals surface area (Å²) in [6, 6.07) is 35.1. The van der Waals surface area contributed by atoms with E-state index in [0.717, 1.165) is 25.9 Å². The van der Waals surface area contributed by atoms with Gasteiger partial charge in [0, 0.05) is 12.0 Å². The molecule has 11 nitrogen and oxygen atoms in total. The first kappa shape index (κ1) is 44.0. The highest BCUT2D eigenvalue weighted by Gasteiger charge is 2.55. The monoisotopic (exact) mass is 848 g/mol. The molecule has 3 atom stereocenters. The number of hydroxylamine groups is 2. The summed E-state index contributed by atoms with van der Waals surface area (Å²) in [6.07, 6.45) is 0.417. The van der Waals surface area contributed by atoms with E-state index >= 15 is 0 Å². The van der Waals surface area contributed by atoms with E-state index < -0.39 is 57.1 Å². The van der Waals surface area contributed by atoms with Gasteiger partial charge in [-0.05, 0) is 78.5 Å². The lowest BCUT2D eigenvalue weighted by atomic mass is 9.81. The number of amides is 3. The van der Waals surface area contributed by atoms with Gasteiger partial charge in [-0.15, -0.1) is 6.58 Å². The number of benzene rings is 4. The zero-order valence-electron chi connectivity index (χ0n) is 35.0. The van der Waals surface area contributed by atoms with Crippen LogP contribution in [0.5, 0.6) is 5.75 Å². The molecule has 314 valence electrons. The van der Waals surface area contributed by atoms with E-state index in [1.165, 1.54) is 0 Å². The minimum Gasteiger partial charge on any atom is -0.484 e. The fourth-order valence-electron chi connectivity index (χ4n) is 7.48. The van der Waals surface area contributed by atoms with Crippen molar-refractivity contribution in [2.75, 3.05) is 19.8 Å². The van der Waals surface area contributed by atoms with E-state index in [1.807, 2.05) is 97.9 Å². The van der Waals surface area contributed by atoms with Crippen molar-refractivity contribution in [1.29, 1.82) is 0 Å². The molecule has 0 N–H and O–H groups in total. The molecule has 2 fully saturated rings. The summed E-state index contributed by atoms with van der Waals surface area (Å²) in [6.45, 7) is 13.5. The van der Waals surface area contributed by atoms with E-state index in [2.05, 4.69) is 40.4 Å². The first-order valence-electron chi connectivity index (χ1n) is 20.1. The van der Waals surface area contributed by atoms with Crippen LogP contribution in [0.2, 0.25) is 18.1 Å².